The Bertz CT molecular complexity index is 530. The summed E-state index contributed by atoms with van der Waals surface area (Å²) in [7, 11) is 0. The third-order valence-electron chi connectivity index (χ3n) is 3.19. The van der Waals surface area contributed by atoms with Gasteiger partial charge >= 0.3 is 37.7 Å². The molecule has 3 aromatic carbocycles. The van der Waals surface area contributed by atoms with Crippen LogP contribution in [0.4, 0.5) is 0 Å². The Balaban J connectivity index is 0.00000110. The van der Waals surface area contributed by atoms with Gasteiger partial charge in [-0.05, 0) is 0 Å². The van der Waals surface area contributed by atoms with Crippen LogP contribution in [0.1, 0.15) is 16.7 Å². The topological polar surface area (TPSA) is 0 Å². The normalized spacial score (nSPS) is 9.14. The molecular formula is C19H15CaCl. The maximum atomic E-state index is 2.16. The summed E-state index contributed by atoms with van der Waals surface area (Å²) in [6.07, 6.45) is 0. The minimum atomic E-state index is 0. The molecule has 0 aliphatic carbocycles. The second-order valence-electron chi connectivity index (χ2n) is 4.47. The minimum Gasteiger partial charge on any atom is -1.00 e. The van der Waals surface area contributed by atoms with E-state index in [1.54, 1.807) is 0 Å². The van der Waals surface area contributed by atoms with Crippen LogP contribution < -0.4 is 12.4 Å². The molecule has 0 atom stereocenters. The summed E-state index contributed by atoms with van der Waals surface area (Å²) >= 11 is 0. The van der Waals surface area contributed by atoms with E-state index in [9.17, 15) is 0 Å². The fourth-order valence-electron chi connectivity index (χ4n) is 2.31. The SMILES string of the molecule is [Ca+2].[Cl-].c1ccc([C-](c2ccccc2)c2ccccc2)cc1. The fraction of sp³-hybridized carbons (Fsp3) is 0. The van der Waals surface area contributed by atoms with Gasteiger partial charge in [0.2, 0.25) is 0 Å². The zero-order valence-corrected chi connectivity index (χ0v) is 14.7. The molecule has 0 spiro atoms. The number of hydrogen-bond donors (Lipinski definition) is 0. The van der Waals surface area contributed by atoms with Gasteiger partial charge in [-0.3, -0.25) is 0 Å². The predicted octanol–water partition coefficient (Wildman–Crippen LogP) is 1.33. The summed E-state index contributed by atoms with van der Waals surface area (Å²) < 4.78 is 0. The van der Waals surface area contributed by atoms with Gasteiger partial charge in [-0.2, -0.15) is 0 Å². The first kappa shape index (κ1) is 18.1. The molecule has 0 saturated heterocycles. The maximum absolute atomic E-state index is 2.16. The Morgan fingerprint density at radius 1 is 0.429 bits per heavy atom. The molecule has 0 aliphatic rings. The van der Waals surface area contributed by atoms with Gasteiger partial charge in [0, 0.05) is 0 Å². The van der Waals surface area contributed by atoms with Crippen molar-refractivity contribution in [3.05, 3.63) is 114 Å². The van der Waals surface area contributed by atoms with Crippen LogP contribution in [0.2, 0.25) is 0 Å². The van der Waals surface area contributed by atoms with Gasteiger partial charge in [-0.1, -0.05) is 114 Å². The standard InChI is InChI=1S/C19H15.Ca.ClH/c1-4-10-16(11-5-1)19(17-12-6-2-7-13-17)18-14-8-3-9-15-18;;/h1-15H;;1H/q-1;+2;/p-1. The summed E-state index contributed by atoms with van der Waals surface area (Å²) in [5, 5.41) is 0. The Hall–Kier alpha value is -0.920. The van der Waals surface area contributed by atoms with Crippen molar-refractivity contribution in [1.82, 2.24) is 0 Å². The fourth-order valence-corrected chi connectivity index (χ4v) is 2.31. The van der Waals surface area contributed by atoms with Crippen molar-refractivity contribution in [1.29, 1.82) is 0 Å². The molecular weight excluding hydrogens is 304 g/mol. The molecule has 100 valence electrons. The summed E-state index contributed by atoms with van der Waals surface area (Å²) in [5.74, 6) is 1.28. The number of hydrogen-bond acceptors (Lipinski definition) is 0. The molecule has 0 radical (unpaired) electrons. The molecule has 0 saturated carbocycles. The van der Waals surface area contributed by atoms with Crippen LogP contribution in [0.25, 0.3) is 0 Å². The summed E-state index contributed by atoms with van der Waals surface area (Å²) in [4.78, 5) is 0. The van der Waals surface area contributed by atoms with Crippen LogP contribution in [-0.2, 0) is 0 Å². The third kappa shape index (κ3) is 4.52. The molecule has 21 heavy (non-hydrogen) atoms. The number of benzene rings is 3. The van der Waals surface area contributed by atoms with E-state index >= 15 is 0 Å². The molecule has 2 heteroatoms. The van der Waals surface area contributed by atoms with Crippen molar-refractivity contribution in [3.8, 4) is 0 Å². The zero-order valence-electron chi connectivity index (χ0n) is 11.7. The van der Waals surface area contributed by atoms with Crippen LogP contribution in [-0.4, -0.2) is 37.7 Å². The van der Waals surface area contributed by atoms with E-state index in [2.05, 4.69) is 91.0 Å². The molecule has 0 fully saturated rings. The van der Waals surface area contributed by atoms with E-state index in [-0.39, 0.29) is 50.1 Å². The van der Waals surface area contributed by atoms with Crippen LogP contribution in [0.3, 0.4) is 0 Å². The predicted molar refractivity (Wildman–Crippen MR) is 85.6 cm³/mol. The van der Waals surface area contributed by atoms with Gasteiger partial charge in [0.05, 0.1) is 0 Å². The van der Waals surface area contributed by atoms with Crippen molar-refractivity contribution in [3.63, 3.8) is 0 Å². The van der Waals surface area contributed by atoms with Gasteiger partial charge in [-0.25, -0.2) is 0 Å². The molecule has 0 N–H and O–H groups in total. The van der Waals surface area contributed by atoms with Crippen LogP contribution in [0, 0.1) is 5.92 Å². The van der Waals surface area contributed by atoms with Gasteiger partial charge in [0.25, 0.3) is 0 Å². The van der Waals surface area contributed by atoms with Gasteiger partial charge in [0.15, 0.2) is 0 Å². The first-order chi connectivity index (χ1) is 9.45. The van der Waals surface area contributed by atoms with Crippen molar-refractivity contribution in [2.45, 2.75) is 0 Å². The molecule has 0 aromatic heterocycles. The molecule has 0 heterocycles. The van der Waals surface area contributed by atoms with E-state index in [0.29, 0.717) is 0 Å². The molecule has 0 nitrogen and oxygen atoms in total. The first-order valence-electron chi connectivity index (χ1n) is 6.48. The number of rotatable bonds is 3. The van der Waals surface area contributed by atoms with Crippen molar-refractivity contribution in [2.24, 2.45) is 0 Å². The van der Waals surface area contributed by atoms with Gasteiger partial charge < -0.3 is 12.4 Å². The Labute approximate surface area is 162 Å². The van der Waals surface area contributed by atoms with Crippen molar-refractivity contribution >= 4 is 37.7 Å². The average molecular weight is 319 g/mol. The van der Waals surface area contributed by atoms with Crippen molar-refractivity contribution < 1.29 is 12.4 Å². The van der Waals surface area contributed by atoms with E-state index in [4.69, 9.17) is 0 Å². The van der Waals surface area contributed by atoms with E-state index in [1.165, 1.54) is 22.6 Å². The Kier molecular flexibility index (Phi) is 7.92. The summed E-state index contributed by atoms with van der Waals surface area (Å²) in [6, 6.07) is 31.6. The third-order valence-corrected chi connectivity index (χ3v) is 3.19. The molecule has 0 bridgehead atoms. The first-order valence-corrected chi connectivity index (χ1v) is 6.48. The van der Waals surface area contributed by atoms with Gasteiger partial charge in [0.1, 0.15) is 0 Å². The van der Waals surface area contributed by atoms with E-state index in [0.717, 1.165) is 0 Å². The van der Waals surface area contributed by atoms with Crippen LogP contribution in [0.15, 0.2) is 91.0 Å². The summed E-state index contributed by atoms with van der Waals surface area (Å²) in [5.41, 5.74) is 3.75. The smallest absolute Gasteiger partial charge is 1.00 e. The minimum absolute atomic E-state index is 0. The second-order valence-corrected chi connectivity index (χ2v) is 4.47. The zero-order chi connectivity index (χ0) is 12.9. The Morgan fingerprint density at radius 2 is 0.667 bits per heavy atom. The van der Waals surface area contributed by atoms with E-state index < -0.39 is 0 Å². The molecule has 0 unspecified atom stereocenters. The molecule has 0 aliphatic heterocycles. The quantitative estimate of drug-likeness (QED) is 0.388. The van der Waals surface area contributed by atoms with Crippen LogP contribution >= 0.6 is 0 Å². The van der Waals surface area contributed by atoms with Crippen LogP contribution in [0.5, 0.6) is 0 Å². The molecule has 0 amide bonds. The second kappa shape index (κ2) is 9.17. The van der Waals surface area contributed by atoms with Gasteiger partial charge in [-0.15, -0.1) is 0 Å². The largest absolute Gasteiger partial charge is 2.00 e. The van der Waals surface area contributed by atoms with E-state index in [1.807, 2.05) is 0 Å². The maximum Gasteiger partial charge on any atom is 2.00 e. The molecule has 3 rings (SSSR count). The average Bonchev–Trinajstić information content (AvgIpc) is 2.51. The number of halogens is 1. The monoisotopic (exact) mass is 318 g/mol. The Morgan fingerprint density at radius 3 is 0.905 bits per heavy atom. The van der Waals surface area contributed by atoms with Crippen molar-refractivity contribution in [2.75, 3.05) is 0 Å². The molecule has 3 aromatic rings. The summed E-state index contributed by atoms with van der Waals surface area (Å²) in [6.45, 7) is 0.